The quantitative estimate of drug-likeness (QED) is 0.182. The zero-order chi connectivity index (χ0) is 18.6. The summed E-state index contributed by atoms with van der Waals surface area (Å²) in [7, 11) is 0. The van der Waals surface area contributed by atoms with Crippen molar-refractivity contribution >= 4 is 52.1 Å². The molecule has 2 aromatic rings. The van der Waals surface area contributed by atoms with Gasteiger partial charge in [-0.05, 0) is 58.5 Å². The Balaban J connectivity index is 2.36. The lowest BCUT2D eigenvalue weighted by Gasteiger charge is -2.03. The Morgan fingerprint density at radius 2 is 2.24 bits per heavy atom. The Morgan fingerprint density at radius 3 is 2.84 bits per heavy atom. The number of aryl methyl sites for hydroxylation is 1. The van der Waals surface area contributed by atoms with Gasteiger partial charge in [0, 0.05) is 12.5 Å². The maximum atomic E-state index is 11.5. The number of aromatic hydroxyl groups is 1. The molecule has 0 atom stereocenters. The summed E-state index contributed by atoms with van der Waals surface area (Å²) < 4.78 is 0.246. The van der Waals surface area contributed by atoms with Gasteiger partial charge in [-0.25, -0.2) is 9.78 Å². The number of phenols is 1. The molecule has 0 bridgehead atoms. The second-order valence-corrected chi connectivity index (χ2v) is 7.03. The SMILES string of the molecule is CCCc1nc(S/C(=C\c2cc(I)c(O)c([N+](=O)[O-])c2)C(=O)O)n[nH]1. The molecule has 1 aromatic heterocycles. The maximum Gasteiger partial charge on any atom is 0.342 e. The van der Waals surface area contributed by atoms with Crippen LogP contribution in [0.25, 0.3) is 6.08 Å². The average Bonchev–Trinajstić information content (AvgIpc) is 2.97. The van der Waals surface area contributed by atoms with Gasteiger partial charge < -0.3 is 10.2 Å². The number of carboxylic acid groups (broad SMARTS) is 1. The molecule has 132 valence electrons. The maximum absolute atomic E-state index is 11.5. The number of halogens is 1. The molecule has 0 aliphatic heterocycles. The summed E-state index contributed by atoms with van der Waals surface area (Å²) in [5, 5.41) is 37.0. The summed E-state index contributed by atoms with van der Waals surface area (Å²) in [5.41, 5.74) is -0.209. The summed E-state index contributed by atoms with van der Waals surface area (Å²) in [4.78, 5) is 25.8. The Morgan fingerprint density at radius 1 is 1.52 bits per heavy atom. The first-order valence-corrected chi connectivity index (χ1v) is 8.92. The molecule has 9 nitrogen and oxygen atoms in total. The number of benzene rings is 1. The molecular weight excluding hydrogens is 463 g/mol. The minimum Gasteiger partial charge on any atom is -0.501 e. The molecule has 1 aromatic carbocycles. The van der Waals surface area contributed by atoms with E-state index in [1.54, 1.807) is 22.6 Å². The van der Waals surface area contributed by atoms with E-state index in [0.29, 0.717) is 12.2 Å². The van der Waals surface area contributed by atoms with Gasteiger partial charge in [0.05, 0.1) is 8.49 Å². The van der Waals surface area contributed by atoms with Gasteiger partial charge in [-0.15, -0.1) is 5.10 Å². The van der Waals surface area contributed by atoms with Crippen LogP contribution in [-0.4, -0.2) is 36.3 Å². The topological polar surface area (TPSA) is 142 Å². The van der Waals surface area contributed by atoms with E-state index < -0.39 is 22.3 Å². The number of aromatic amines is 1. The zero-order valence-electron chi connectivity index (χ0n) is 12.9. The molecule has 0 radical (unpaired) electrons. The molecule has 0 saturated heterocycles. The largest absolute Gasteiger partial charge is 0.501 e. The van der Waals surface area contributed by atoms with Crippen LogP contribution in [0.15, 0.2) is 22.2 Å². The van der Waals surface area contributed by atoms with Gasteiger partial charge in [-0.1, -0.05) is 6.92 Å². The summed E-state index contributed by atoms with van der Waals surface area (Å²) in [6.07, 6.45) is 2.84. The Hall–Kier alpha value is -2.15. The van der Waals surface area contributed by atoms with E-state index >= 15 is 0 Å². The van der Waals surface area contributed by atoms with Crippen molar-refractivity contribution in [3.63, 3.8) is 0 Å². The number of carbonyl (C=O) groups is 1. The van der Waals surface area contributed by atoms with Gasteiger partial charge >= 0.3 is 11.7 Å². The zero-order valence-corrected chi connectivity index (χ0v) is 15.9. The second-order valence-electron chi connectivity index (χ2n) is 4.86. The van der Waals surface area contributed by atoms with E-state index in [1.807, 2.05) is 6.92 Å². The average molecular weight is 476 g/mol. The van der Waals surface area contributed by atoms with E-state index in [4.69, 9.17) is 0 Å². The molecular formula is C14H13IN4O5S. The molecule has 0 aliphatic carbocycles. The van der Waals surface area contributed by atoms with Gasteiger partial charge in [0.1, 0.15) is 10.7 Å². The van der Waals surface area contributed by atoms with Crippen molar-refractivity contribution in [2.75, 3.05) is 0 Å². The normalized spacial score (nSPS) is 11.5. The van der Waals surface area contributed by atoms with Crippen molar-refractivity contribution in [2.24, 2.45) is 0 Å². The van der Waals surface area contributed by atoms with Crippen LogP contribution in [0.4, 0.5) is 5.69 Å². The number of nitro groups is 1. The molecule has 0 saturated carbocycles. The fourth-order valence-corrected chi connectivity index (χ4v) is 3.25. The van der Waals surface area contributed by atoms with E-state index in [1.165, 1.54) is 12.1 Å². The molecule has 0 unspecified atom stereocenters. The lowest BCUT2D eigenvalue weighted by molar-refractivity contribution is -0.386. The standard InChI is InChI=1S/C14H13IN4O5S/c1-2-3-11-16-14(18-17-11)25-10(13(21)22)6-7-4-8(15)12(20)9(5-7)19(23)24/h4-6,20H,2-3H2,1H3,(H,21,22)(H,16,17,18)/b10-6-. The number of phenolic OH excluding ortho intramolecular Hbond substituents is 1. The van der Waals surface area contributed by atoms with E-state index in [0.717, 1.165) is 24.2 Å². The van der Waals surface area contributed by atoms with Crippen molar-refractivity contribution < 1.29 is 19.9 Å². The minimum atomic E-state index is -1.21. The third-order valence-electron chi connectivity index (χ3n) is 2.97. The summed E-state index contributed by atoms with van der Waals surface area (Å²) in [6.45, 7) is 1.98. The summed E-state index contributed by atoms with van der Waals surface area (Å²) in [5.74, 6) is -1.01. The smallest absolute Gasteiger partial charge is 0.342 e. The molecule has 2 rings (SSSR count). The molecule has 25 heavy (non-hydrogen) atoms. The number of thioether (sulfide) groups is 1. The fraction of sp³-hybridized carbons (Fsp3) is 0.214. The number of aromatic nitrogens is 3. The van der Waals surface area contributed by atoms with Crippen molar-refractivity contribution in [2.45, 2.75) is 24.9 Å². The van der Waals surface area contributed by atoms with Crippen molar-refractivity contribution in [1.82, 2.24) is 15.2 Å². The van der Waals surface area contributed by atoms with Gasteiger partial charge in [0.15, 0.2) is 0 Å². The highest BCUT2D eigenvalue weighted by molar-refractivity contribution is 14.1. The van der Waals surface area contributed by atoms with Crippen LogP contribution in [0.2, 0.25) is 0 Å². The van der Waals surface area contributed by atoms with Crippen molar-refractivity contribution in [1.29, 1.82) is 0 Å². The number of hydrogen-bond donors (Lipinski definition) is 3. The highest BCUT2D eigenvalue weighted by atomic mass is 127. The highest BCUT2D eigenvalue weighted by Gasteiger charge is 2.19. The Bertz CT molecular complexity index is 852. The number of rotatable bonds is 7. The van der Waals surface area contributed by atoms with E-state index in [2.05, 4.69) is 15.2 Å². The predicted molar refractivity (Wildman–Crippen MR) is 99.3 cm³/mol. The molecule has 0 amide bonds. The first-order valence-electron chi connectivity index (χ1n) is 7.02. The van der Waals surface area contributed by atoms with Crippen LogP contribution in [0.3, 0.4) is 0 Å². The Kier molecular flexibility index (Phi) is 6.36. The van der Waals surface area contributed by atoms with Crippen LogP contribution in [0.1, 0.15) is 24.7 Å². The fourth-order valence-electron chi connectivity index (χ4n) is 1.88. The van der Waals surface area contributed by atoms with Gasteiger partial charge in [-0.2, -0.15) is 0 Å². The predicted octanol–water partition coefficient (Wildman–Crippen LogP) is 3.19. The first-order chi connectivity index (χ1) is 11.8. The minimum absolute atomic E-state index is 0.0992. The lowest BCUT2D eigenvalue weighted by Crippen LogP contribution is -1.98. The highest BCUT2D eigenvalue weighted by Crippen LogP contribution is 2.34. The molecule has 0 aliphatic rings. The molecule has 0 spiro atoms. The van der Waals surface area contributed by atoms with Crippen LogP contribution >= 0.6 is 34.4 Å². The number of aliphatic carboxylic acids is 1. The van der Waals surface area contributed by atoms with Gasteiger partial charge in [0.25, 0.3) is 0 Å². The van der Waals surface area contributed by atoms with Crippen molar-refractivity contribution in [3.8, 4) is 5.75 Å². The number of hydrogen-bond acceptors (Lipinski definition) is 7. The molecule has 11 heteroatoms. The number of H-pyrrole nitrogens is 1. The third kappa shape index (κ3) is 4.92. The molecule has 1 heterocycles. The Labute approximate surface area is 159 Å². The van der Waals surface area contributed by atoms with E-state index in [-0.39, 0.29) is 19.2 Å². The van der Waals surface area contributed by atoms with Gasteiger partial charge in [0.2, 0.25) is 10.9 Å². The van der Waals surface area contributed by atoms with Crippen LogP contribution in [-0.2, 0) is 11.2 Å². The second kappa shape index (κ2) is 8.29. The first kappa shape index (κ1) is 19.2. The number of nitrogens with one attached hydrogen (secondary N) is 1. The third-order valence-corrected chi connectivity index (χ3v) is 4.67. The number of nitro benzene ring substituents is 1. The summed E-state index contributed by atoms with van der Waals surface area (Å²) >= 11 is 2.58. The molecule has 3 N–H and O–H groups in total. The van der Waals surface area contributed by atoms with Crippen LogP contribution in [0.5, 0.6) is 5.75 Å². The van der Waals surface area contributed by atoms with Crippen LogP contribution in [0, 0.1) is 13.7 Å². The molecule has 0 fully saturated rings. The lowest BCUT2D eigenvalue weighted by atomic mass is 10.1. The van der Waals surface area contributed by atoms with Crippen LogP contribution < -0.4 is 0 Å². The van der Waals surface area contributed by atoms with Crippen molar-refractivity contribution in [3.05, 3.63) is 42.1 Å². The number of carboxylic acids is 1. The summed E-state index contributed by atoms with van der Waals surface area (Å²) in [6, 6.07) is 2.56. The number of nitrogens with zero attached hydrogens (tertiary/aromatic N) is 3. The van der Waals surface area contributed by atoms with E-state index in [9.17, 15) is 25.1 Å². The van der Waals surface area contributed by atoms with Gasteiger partial charge in [-0.3, -0.25) is 15.2 Å². The monoisotopic (exact) mass is 476 g/mol.